The van der Waals surface area contributed by atoms with Crippen LogP contribution >= 0.6 is 23.4 Å². The molecule has 0 aliphatic rings. The Kier molecular flexibility index (Phi) is 6.67. The number of nitrogens with zero attached hydrogens (tertiary/aromatic N) is 3. The fourth-order valence-corrected chi connectivity index (χ4v) is 4.46. The number of hydrogen-bond donors (Lipinski definition) is 1. The molecule has 32 heavy (non-hydrogen) atoms. The van der Waals surface area contributed by atoms with Crippen molar-refractivity contribution in [2.75, 3.05) is 0 Å². The highest BCUT2D eigenvalue weighted by atomic mass is 35.5. The molecule has 0 saturated carbocycles. The molecule has 0 spiro atoms. The standard InChI is InChI=1S/C24H23ClN4O2S/c1-15-6-4-7-18(12-15)14-32-24-28-27-22(17(3)26-23(30)21-8-5-11-31-21)29(24)20-13-19(25)10-9-16(20)2/h4-13,17H,14H2,1-3H3,(H,26,30). The minimum Gasteiger partial charge on any atom is -0.459 e. The van der Waals surface area contributed by atoms with E-state index < -0.39 is 6.04 Å². The zero-order valence-electron chi connectivity index (χ0n) is 18.0. The van der Waals surface area contributed by atoms with Crippen molar-refractivity contribution in [3.63, 3.8) is 0 Å². The van der Waals surface area contributed by atoms with Gasteiger partial charge in [0.05, 0.1) is 18.0 Å². The number of amides is 1. The lowest BCUT2D eigenvalue weighted by Crippen LogP contribution is -2.28. The number of aromatic nitrogens is 3. The molecule has 2 aromatic carbocycles. The Hall–Kier alpha value is -3.03. The van der Waals surface area contributed by atoms with E-state index in [1.165, 1.54) is 17.4 Å². The van der Waals surface area contributed by atoms with E-state index in [1.54, 1.807) is 23.9 Å². The maximum absolute atomic E-state index is 12.5. The van der Waals surface area contributed by atoms with Crippen LogP contribution in [-0.4, -0.2) is 20.7 Å². The second kappa shape index (κ2) is 9.63. The summed E-state index contributed by atoms with van der Waals surface area (Å²) in [6.45, 7) is 5.96. The number of hydrogen-bond acceptors (Lipinski definition) is 5. The SMILES string of the molecule is Cc1cccc(CSc2nnc(C(C)NC(=O)c3ccco3)n2-c2cc(Cl)ccc2C)c1. The van der Waals surface area contributed by atoms with E-state index in [1.807, 2.05) is 36.6 Å². The van der Waals surface area contributed by atoms with E-state index in [2.05, 4.69) is 46.7 Å². The van der Waals surface area contributed by atoms with E-state index in [4.69, 9.17) is 16.0 Å². The quantitative estimate of drug-likeness (QED) is 0.342. The molecule has 2 aromatic heterocycles. The van der Waals surface area contributed by atoms with Gasteiger partial charge < -0.3 is 9.73 Å². The number of rotatable bonds is 7. The van der Waals surface area contributed by atoms with Crippen LogP contribution in [0.15, 0.2) is 70.4 Å². The average molecular weight is 467 g/mol. The van der Waals surface area contributed by atoms with Gasteiger partial charge in [-0.3, -0.25) is 9.36 Å². The van der Waals surface area contributed by atoms with Crippen LogP contribution in [0.5, 0.6) is 0 Å². The summed E-state index contributed by atoms with van der Waals surface area (Å²) in [6.07, 6.45) is 1.47. The predicted molar refractivity (Wildman–Crippen MR) is 126 cm³/mol. The second-order valence-electron chi connectivity index (χ2n) is 7.56. The number of nitrogens with one attached hydrogen (secondary N) is 1. The summed E-state index contributed by atoms with van der Waals surface area (Å²) < 4.78 is 7.17. The zero-order valence-corrected chi connectivity index (χ0v) is 19.6. The van der Waals surface area contributed by atoms with Crippen molar-refractivity contribution in [2.24, 2.45) is 0 Å². The van der Waals surface area contributed by atoms with Crippen molar-refractivity contribution in [3.8, 4) is 5.69 Å². The van der Waals surface area contributed by atoms with Gasteiger partial charge in [-0.25, -0.2) is 0 Å². The van der Waals surface area contributed by atoms with Crippen LogP contribution in [0.25, 0.3) is 5.69 Å². The largest absolute Gasteiger partial charge is 0.459 e. The summed E-state index contributed by atoms with van der Waals surface area (Å²) in [6, 6.07) is 17.0. The highest BCUT2D eigenvalue weighted by Crippen LogP contribution is 2.30. The third-order valence-corrected chi connectivity index (χ3v) is 6.24. The molecule has 8 heteroatoms. The first kappa shape index (κ1) is 22.2. The van der Waals surface area contributed by atoms with Crippen LogP contribution in [-0.2, 0) is 5.75 Å². The number of thioether (sulfide) groups is 1. The predicted octanol–water partition coefficient (Wildman–Crippen LogP) is 5.91. The summed E-state index contributed by atoms with van der Waals surface area (Å²) >= 11 is 7.91. The van der Waals surface area contributed by atoms with E-state index in [0.29, 0.717) is 10.8 Å². The van der Waals surface area contributed by atoms with Crippen molar-refractivity contribution in [1.82, 2.24) is 20.1 Å². The van der Waals surface area contributed by atoms with Gasteiger partial charge in [-0.1, -0.05) is 59.3 Å². The molecule has 4 aromatic rings. The molecule has 2 heterocycles. The Morgan fingerprint density at radius 2 is 2.00 bits per heavy atom. The van der Waals surface area contributed by atoms with Gasteiger partial charge in [0.2, 0.25) is 0 Å². The molecule has 0 radical (unpaired) electrons. The minimum absolute atomic E-state index is 0.246. The third kappa shape index (κ3) is 4.89. The molecule has 0 aliphatic heterocycles. The molecule has 4 rings (SSSR count). The number of halogens is 1. The third-order valence-electron chi connectivity index (χ3n) is 5.00. The molecule has 6 nitrogen and oxygen atoms in total. The lowest BCUT2D eigenvalue weighted by molar-refractivity contribution is 0.0910. The second-order valence-corrected chi connectivity index (χ2v) is 8.94. The summed E-state index contributed by atoms with van der Waals surface area (Å²) in [5.74, 6) is 1.29. The number of furan rings is 1. The number of aryl methyl sites for hydroxylation is 2. The van der Waals surface area contributed by atoms with Crippen LogP contribution in [0.1, 0.15) is 46.0 Å². The van der Waals surface area contributed by atoms with Crippen LogP contribution in [0, 0.1) is 13.8 Å². The Balaban J connectivity index is 1.68. The summed E-state index contributed by atoms with van der Waals surface area (Å²) in [4.78, 5) is 12.5. The van der Waals surface area contributed by atoms with Crippen molar-refractivity contribution in [3.05, 3.63) is 94.2 Å². The van der Waals surface area contributed by atoms with Gasteiger partial charge in [0.25, 0.3) is 5.91 Å². The molecule has 1 amide bonds. The molecule has 0 saturated heterocycles. The summed E-state index contributed by atoms with van der Waals surface area (Å²) in [7, 11) is 0. The van der Waals surface area contributed by atoms with Crippen LogP contribution < -0.4 is 5.32 Å². The first-order valence-electron chi connectivity index (χ1n) is 10.2. The van der Waals surface area contributed by atoms with Crippen molar-refractivity contribution < 1.29 is 9.21 Å². The molecule has 1 atom stereocenters. The molecule has 0 aliphatic carbocycles. The lowest BCUT2D eigenvalue weighted by atomic mass is 10.2. The first-order valence-corrected chi connectivity index (χ1v) is 11.5. The Morgan fingerprint density at radius 1 is 1.16 bits per heavy atom. The lowest BCUT2D eigenvalue weighted by Gasteiger charge is -2.17. The molecule has 0 bridgehead atoms. The monoisotopic (exact) mass is 466 g/mol. The number of carbonyl (C=O) groups is 1. The highest BCUT2D eigenvalue weighted by molar-refractivity contribution is 7.98. The summed E-state index contributed by atoms with van der Waals surface area (Å²) in [5.41, 5.74) is 4.32. The van der Waals surface area contributed by atoms with Crippen LogP contribution in [0.4, 0.5) is 0 Å². The van der Waals surface area contributed by atoms with Crippen molar-refractivity contribution in [2.45, 2.75) is 37.7 Å². The highest BCUT2D eigenvalue weighted by Gasteiger charge is 2.23. The topological polar surface area (TPSA) is 73.0 Å². The van der Waals surface area contributed by atoms with Gasteiger partial charge in [-0.05, 0) is 56.2 Å². The number of carbonyl (C=O) groups excluding carboxylic acids is 1. The van der Waals surface area contributed by atoms with E-state index in [-0.39, 0.29) is 11.7 Å². The molecular formula is C24H23ClN4O2S. The first-order chi connectivity index (χ1) is 15.4. The molecule has 164 valence electrons. The van der Waals surface area contributed by atoms with Gasteiger partial charge in [0.1, 0.15) is 0 Å². The molecule has 0 fully saturated rings. The Labute approximate surface area is 196 Å². The fraction of sp³-hybridized carbons (Fsp3) is 0.208. The van der Waals surface area contributed by atoms with E-state index >= 15 is 0 Å². The van der Waals surface area contributed by atoms with Crippen molar-refractivity contribution in [1.29, 1.82) is 0 Å². The van der Waals surface area contributed by atoms with Gasteiger partial charge in [-0.15, -0.1) is 10.2 Å². The van der Waals surface area contributed by atoms with Crippen molar-refractivity contribution >= 4 is 29.3 Å². The van der Waals surface area contributed by atoms with Gasteiger partial charge in [-0.2, -0.15) is 0 Å². The fourth-order valence-electron chi connectivity index (χ4n) is 3.39. The van der Waals surface area contributed by atoms with E-state index in [0.717, 1.165) is 22.2 Å². The molecule has 1 N–H and O–H groups in total. The zero-order chi connectivity index (χ0) is 22.7. The smallest absolute Gasteiger partial charge is 0.287 e. The Morgan fingerprint density at radius 3 is 2.75 bits per heavy atom. The van der Waals surface area contributed by atoms with Crippen LogP contribution in [0.2, 0.25) is 5.02 Å². The van der Waals surface area contributed by atoms with Gasteiger partial charge in [0.15, 0.2) is 16.7 Å². The average Bonchev–Trinajstić information content (AvgIpc) is 3.44. The van der Waals surface area contributed by atoms with Gasteiger partial charge in [0, 0.05) is 10.8 Å². The maximum atomic E-state index is 12.5. The molecular weight excluding hydrogens is 444 g/mol. The van der Waals surface area contributed by atoms with E-state index in [9.17, 15) is 4.79 Å². The minimum atomic E-state index is -0.410. The maximum Gasteiger partial charge on any atom is 0.287 e. The Bertz CT molecular complexity index is 1240. The number of benzene rings is 2. The molecule has 1 unspecified atom stereocenters. The normalized spacial score (nSPS) is 12.0. The van der Waals surface area contributed by atoms with Gasteiger partial charge >= 0.3 is 0 Å². The summed E-state index contributed by atoms with van der Waals surface area (Å²) in [5, 5.41) is 13.2. The van der Waals surface area contributed by atoms with Crippen LogP contribution in [0.3, 0.4) is 0 Å².